The zero-order valence-electron chi connectivity index (χ0n) is 14.6. The maximum Gasteiger partial charge on any atom is 0.232 e. The predicted octanol–water partition coefficient (Wildman–Crippen LogP) is 3.20. The van der Waals surface area contributed by atoms with Gasteiger partial charge in [0.25, 0.3) is 0 Å². The van der Waals surface area contributed by atoms with E-state index >= 15 is 0 Å². The normalized spacial score (nSPS) is 26.9. The van der Waals surface area contributed by atoms with Gasteiger partial charge in [-0.1, -0.05) is 18.9 Å². The summed E-state index contributed by atoms with van der Waals surface area (Å²) < 4.78 is 0. The molecule has 1 aromatic rings. The molecule has 4 rings (SSSR count). The predicted molar refractivity (Wildman–Crippen MR) is 103 cm³/mol. The summed E-state index contributed by atoms with van der Waals surface area (Å²) in [6.07, 6.45) is 6.18. The SMILES string of the molecule is O=C(CSC1CCCC1)N1CCN(C(=O)[C@H]2C[C@H]2c2cccs2)CC1. The van der Waals surface area contributed by atoms with Crippen LogP contribution in [0.3, 0.4) is 0 Å². The minimum atomic E-state index is 0.179. The summed E-state index contributed by atoms with van der Waals surface area (Å²) >= 11 is 3.59. The average molecular weight is 379 g/mol. The van der Waals surface area contributed by atoms with Crippen LogP contribution < -0.4 is 0 Å². The minimum Gasteiger partial charge on any atom is -0.339 e. The summed E-state index contributed by atoms with van der Waals surface area (Å²) in [5, 5.41) is 2.78. The zero-order valence-corrected chi connectivity index (χ0v) is 16.2. The molecule has 3 fully saturated rings. The molecule has 2 aliphatic carbocycles. The van der Waals surface area contributed by atoms with E-state index in [1.54, 1.807) is 11.3 Å². The van der Waals surface area contributed by atoms with Gasteiger partial charge in [0.2, 0.25) is 11.8 Å². The molecular weight excluding hydrogens is 352 g/mol. The fourth-order valence-electron chi connectivity index (χ4n) is 4.03. The van der Waals surface area contributed by atoms with E-state index in [2.05, 4.69) is 17.5 Å². The van der Waals surface area contributed by atoms with Crippen molar-refractivity contribution in [3.63, 3.8) is 0 Å². The van der Waals surface area contributed by atoms with Crippen LogP contribution in [0.1, 0.15) is 42.9 Å². The monoisotopic (exact) mass is 378 g/mol. The number of thioether (sulfide) groups is 1. The van der Waals surface area contributed by atoms with Gasteiger partial charge in [0, 0.05) is 48.1 Å². The smallest absolute Gasteiger partial charge is 0.232 e. The molecule has 1 aliphatic heterocycles. The Morgan fingerprint density at radius 3 is 2.52 bits per heavy atom. The van der Waals surface area contributed by atoms with E-state index in [0.29, 0.717) is 49.0 Å². The van der Waals surface area contributed by atoms with Gasteiger partial charge in [0.1, 0.15) is 0 Å². The topological polar surface area (TPSA) is 40.6 Å². The summed E-state index contributed by atoms with van der Waals surface area (Å²) in [4.78, 5) is 30.3. The van der Waals surface area contributed by atoms with Gasteiger partial charge in [-0.15, -0.1) is 23.1 Å². The van der Waals surface area contributed by atoms with Gasteiger partial charge in [0.05, 0.1) is 5.75 Å². The highest BCUT2D eigenvalue weighted by Gasteiger charge is 2.46. The Morgan fingerprint density at radius 2 is 1.84 bits per heavy atom. The van der Waals surface area contributed by atoms with Gasteiger partial charge >= 0.3 is 0 Å². The number of thiophene rings is 1. The average Bonchev–Trinajstić information content (AvgIpc) is 3.06. The standard InChI is InChI=1S/C19H26N2O2S2/c22-18(13-25-14-4-1-2-5-14)20-7-9-21(10-8-20)19(23)16-12-15(16)17-6-3-11-24-17/h3,6,11,14-16H,1-2,4-5,7-10,12-13H2/t15-,16+/m1/s1. The summed E-state index contributed by atoms with van der Waals surface area (Å²) in [5.74, 6) is 1.79. The number of rotatable bonds is 5. The third-order valence-corrected chi connectivity index (χ3v) is 8.07. The number of nitrogens with zero attached hydrogens (tertiary/aromatic N) is 2. The second-order valence-corrected chi connectivity index (χ2v) is 9.66. The maximum absolute atomic E-state index is 12.7. The molecule has 25 heavy (non-hydrogen) atoms. The summed E-state index contributed by atoms with van der Waals surface area (Å²) in [6.45, 7) is 2.80. The van der Waals surface area contributed by atoms with Crippen molar-refractivity contribution in [3.05, 3.63) is 22.4 Å². The van der Waals surface area contributed by atoms with Crippen LogP contribution in [-0.4, -0.2) is 58.8 Å². The minimum absolute atomic E-state index is 0.179. The quantitative estimate of drug-likeness (QED) is 0.790. The van der Waals surface area contributed by atoms with Crippen LogP contribution in [0.5, 0.6) is 0 Å². The number of hydrogen-bond acceptors (Lipinski definition) is 4. The van der Waals surface area contributed by atoms with Gasteiger partial charge in [-0.25, -0.2) is 0 Å². The van der Waals surface area contributed by atoms with E-state index < -0.39 is 0 Å². The molecule has 1 aromatic heterocycles. The molecule has 1 saturated heterocycles. The van der Waals surface area contributed by atoms with Crippen molar-refractivity contribution < 1.29 is 9.59 Å². The fraction of sp³-hybridized carbons (Fsp3) is 0.684. The number of hydrogen-bond donors (Lipinski definition) is 0. The Labute approximate surface area is 157 Å². The number of carbonyl (C=O) groups excluding carboxylic acids is 2. The second-order valence-electron chi connectivity index (χ2n) is 7.39. The van der Waals surface area contributed by atoms with E-state index in [-0.39, 0.29) is 11.8 Å². The van der Waals surface area contributed by atoms with Crippen molar-refractivity contribution in [2.75, 3.05) is 31.9 Å². The van der Waals surface area contributed by atoms with Crippen LogP contribution in [0.4, 0.5) is 0 Å². The van der Waals surface area contributed by atoms with Gasteiger partial charge in [-0.05, 0) is 30.7 Å². The molecule has 0 radical (unpaired) electrons. The molecule has 0 unspecified atom stereocenters. The molecule has 0 spiro atoms. The molecule has 2 heterocycles. The molecule has 0 aromatic carbocycles. The number of piperazine rings is 1. The molecule has 2 atom stereocenters. The van der Waals surface area contributed by atoms with Gasteiger partial charge in [-0.3, -0.25) is 9.59 Å². The van der Waals surface area contributed by atoms with Crippen molar-refractivity contribution in [1.29, 1.82) is 0 Å². The molecule has 0 N–H and O–H groups in total. The lowest BCUT2D eigenvalue weighted by Crippen LogP contribution is -2.51. The van der Waals surface area contributed by atoms with Crippen LogP contribution in [0.15, 0.2) is 17.5 Å². The summed E-state index contributed by atoms with van der Waals surface area (Å²) in [7, 11) is 0. The van der Waals surface area contributed by atoms with Crippen molar-refractivity contribution in [1.82, 2.24) is 9.80 Å². The molecule has 3 aliphatic rings. The van der Waals surface area contributed by atoms with Crippen LogP contribution in [0.25, 0.3) is 0 Å². The number of carbonyl (C=O) groups is 2. The summed E-state index contributed by atoms with van der Waals surface area (Å²) in [6, 6.07) is 4.20. The highest BCUT2D eigenvalue weighted by Crippen LogP contribution is 2.50. The lowest BCUT2D eigenvalue weighted by molar-refractivity contribution is -0.139. The first kappa shape index (κ1) is 17.4. The first-order valence-corrected chi connectivity index (χ1v) is 11.4. The van der Waals surface area contributed by atoms with Crippen molar-refractivity contribution in [3.8, 4) is 0 Å². The van der Waals surface area contributed by atoms with Gasteiger partial charge in [-0.2, -0.15) is 0 Å². The first-order valence-electron chi connectivity index (χ1n) is 9.44. The highest BCUT2D eigenvalue weighted by molar-refractivity contribution is 8.00. The summed E-state index contributed by atoms with van der Waals surface area (Å²) in [5.41, 5.74) is 0. The van der Waals surface area contributed by atoms with E-state index in [4.69, 9.17) is 0 Å². The van der Waals surface area contributed by atoms with Crippen LogP contribution >= 0.6 is 23.1 Å². The Hall–Kier alpha value is -1.01. The largest absolute Gasteiger partial charge is 0.339 e. The Morgan fingerprint density at radius 1 is 1.12 bits per heavy atom. The molecule has 0 bridgehead atoms. The molecule has 2 saturated carbocycles. The van der Waals surface area contributed by atoms with Crippen LogP contribution in [0, 0.1) is 5.92 Å². The van der Waals surface area contributed by atoms with Gasteiger partial charge in [0.15, 0.2) is 0 Å². The van der Waals surface area contributed by atoms with E-state index in [0.717, 1.165) is 6.42 Å². The third-order valence-electron chi connectivity index (χ3n) is 5.71. The maximum atomic E-state index is 12.7. The fourth-order valence-corrected chi connectivity index (χ4v) is 6.17. The zero-order chi connectivity index (χ0) is 17.2. The Bertz CT molecular complexity index is 605. The van der Waals surface area contributed by atoms with Crippen LogP contribution in [0.2, 0.25) is 0 Å². The van der Waals surface area contributed by atoms with E-state index in [9.17, 15) is 9.59 Å². The Balaban J connectivity index is 1.20. The lowest BCUT2D eigenvalue weighted by atomic mass is 10.2. The molecule has 6 heteroatoms. The van der Waals surface area contributed by atoms with Crippen molar-refractivity contribution in [2.24, 2.45) is 5.92 Å². The molecule has 4 nitrogen and oxygen atoms in total. The molecule has 2 amide bonds. The second kappa shape index (κ2) is 7.70. The van der Waals surface area contributed by atoms with Crippen molar-refractivity contribution in [2.45, 2.75) is 43.3 Å². The molecular formula is C19H26N2O2S2. The van der Waals surface area contributed by atoms with E-state index in [1.165, 1.54) is 30.6 Å². The van der Waals surface area contributed by atoms with Crippen molar-refractivity contribution >= 4 is 34.9 Å². The van der Waals surface area contributed by atoms with E-state index in [1.807, 2.05) is 21.6 Å². The first-order chi connectivity index (χ1) is 12.2. The lowest BCUT2D eigenvalue weighted by Gasteiger charge is -2.35. The van der Waals surface area contributed by atoms with Gasteiger partial charge < -0.3 is 9.80 Å². The highest BCUT2D eigenvalue weighted by atomic mass is 32.2. The third kappa shape index (κ3) is 4.05. The molecule has 136 valence electrons. The van der Waals surface area contributed by atoms with Crippen LogP contribution in [-0.2, 0) is 9.59 Å². The Kier molecular flexibility index (Phi) is 5.36. The number of amides is 2.